The fourth-order valence-electron chi connectivity index (χ4n) is 1.27. The molecule has 1 aromatic rings. The van der Waals surface area contributed by atoms with Gasteiger partial charge in [-0.2, -0.15) is 8.78 Å². The van der Waals surface area contributed by atoms with Crippen LogP contribution in [0.3, 0.4) is 0 Å². The number of alkyl halides is 5. The molecule has 0 saturated carbocycles. The summed E-state index contributed by atoms with van der Waals surface area (Å²) in [5.74, 6) is -2.55. The molecule has 9 heteroatoms. The summed E-state index contributed by atoms with van der Waals surface area (Å²) >= 11 is 0. The van der Waals surface area contributed by atoms with Crippen molar-refractivity contribution in [2.45, 2.75) is 19.9 Å². The Balaban J connectivity index is 3.09. The summed E-state index contributed by atoms with van der Waals surface area (Å²) in [6.07, 6.45) is -4.99. The molecule has 112 valence electrons. The van der Waals surface area contributed by atoms with Crippen molar-refractivity contribution in [2.75, 3.05) is 6.61 Å². The van der Waals surface area contributed by atoms with Crippen LogP contribution < -0.4 is 9.47 Å². The van der Waals surface area contributed by atoms with Gasteiger partial charge in [0.25, 0.3) is 0 Å². The zero-order valence-electron chi connectivity index (χ0n) is 10.0. The first-order chi connectivity index (χ1) is 9.23. The highest BCUT2D eigenvalue weighted by molar-refractivity contribution is 5.92. The highest BCUT2D eigenvalue weighted by Gasteiger charge is 2.31. The van der Waals surface area contributed by atoms with Crippen molar-refractivity contribution in [3.8, 4) is 11.5 Å². The van der Waals surface area contributed by atoms with Gasteiger partial charge in [-0.25, -0.2) is 4.79 Å². The van der Waals surface area contributed by atoms with Gasteiger partial charge in [0.15, 0.2) is 0 Å². The lowest BCUT2D eigenvalue weighted by Gasteiger charge is -2.13. The zero-order valence-corrected chi connectivity index (χ0v) is 10.0. The predicted molar refractivity (Wildman–Crippen MR) is 55.7 cm³/mol. The van der Waals surface area contributed by atoms with Crippen molar-refractivity contribution in [1.82, 2.24) is 0 Å². The van der Waals surface area contributed by atoms with Crippen molar-refractivity contribution < 1.29 is 41.0 Å². The Labute approximate surface area is 110 Å². The molecule has 0 heterocycles. The maximum absolute atomic E-state index is 12.2. The van der Waals surface area contributed by atoms with Gasteiger partial charge < -0.3 is 14.2 Å². The standard InChI is InChI=1S/C11H9F5O4/c1-2-18-9(17)7-4-3-6(20-11(14,15)16)5-8(7)19-10(12)13/h3-5,10H,2H2,1H3. The van der Waals surface area contributed by atoms with E-state index < -0.39 is 36.0 Å². The molecule has 1 aromatic carbocycles. The molecule has 0 aliphatic rings. The van der Waals surface area contributed by atoms with Gasteiger partial charge >= 0.3 is 18.9 Å². The quantitative estimate of drug-likeness (QED) is 0.618. The van der Waals surface area contributed by atoms with Crippen molar-refractivity contribution in [3.63, 3.8) is 0 Å². The number of esters is 1. The SMILES string of the molecule is CCOC(=O)c1ccc(OC(F)(F)F)cc1OC(F)F. The topological polar surface area (TPSA) is 44.8 Å². The fraction of sp³-hybridized carbons (Fsp3) is 0.364. The van der Waals surface area contributed by atoms with Gasteiger partial charge in [-0.05, 0) is 19.1 Å². The molecule has 4 nitrogen and oxygen atoms in total. The second-order valence-electron chi connectivity index (χ2n) is 3.30. The minimum Gasteiger partial charge on any atom is -0.462 e. The van der Waals surface area contributed by atoms with Crippen LogP contribution in [-0.4, -0.2) is 25.6 Å². The summed E-state index contributed by atoms with van der Waals surface area (Å²) in [5.41, 5.74) is -0.429. The van der Waals surface area contributed by atoms with Gasteiger partial charge in [-0.3, -0.25) is 0 Å². The average Bonchev–Trinajstić information content (AvgIpc) is 2.26. The van der Waals surface area contributed by atoms with Crippen LogP contribution in [0.1, 0.15) is 17.3 Å². The maximum atomic E-state index is 12.2. The van der Waals surface area contributed by atoms with Crippen LogP contribution in [0.2, 0.25) is 0 Å². The van der Waals surface area contributed by atoms with Crippen molar-refractivity contribution >= 4 is 5.97 Å². The van der Waals surface area contributed by atoms with E-state index in [1.54, 1.807) is 0 Å². The van der Waals surface area contributed by atoms with Gasteiger partial charge in [0.1, 0.15) is 17.1 Å². The third-order valence-electron chi connectivity index (χ3n) is 1.90. The molecule has 0 N–H and O–H groups in total. The Bertz CT molecular complexity index is 472. The molecule has 0 aliphatic heterocycles. The first-order valence-electron chi connectivity index (χ1n) is 5.24. The molecular formula is C11H9F5O4. The Morgan fingerprint density at radius 2 is 1.95 bits per heavy atom. The third kappa shape index (κ3) is 4.90. The van der Waals surface area contributed by atoms with Crippen LogP contribution >= 0.6 is 0 Å². The maximum Gasteiger partial charge on any atom is 0.573 e. The van der Waals surface area contributed by atoms with Crippen LogP contribution in [0.5, 0.6) is 11.5 Å². The highest BCUT2D eigenvalue weighted by Crippen LogP contribution is 2.30. The van der Waals surface area contributed by atoms with Gasteiger partial charge in [-0.1, -0.05) is 0 Å². The van der Waals surface area contributed by atoms with E-state index in [0.717, 1.165) is 12.1 Å². The van der Waals surface area contributed by atoms with Crippen LogP contribution in [0.25, 0.3) is 0 Å². The van der Waals surface area contributed by atoms with E-state index in [4.69, 9.17) is 0 Å². The second-order valence-corrected chi connectivity index (χ2v) is 3.30. The Kier molecular flexibility index (Phi) is 5.12. The molecule has 1 rings (SSSR count). The molecule has 0 atom stereocenters. The molecule has 0 saturated heterocycles. The van der Waals surface area contributed by atoms with Crippen molar-refractivity contribution in [1.29, 1.82) is 0 Å². The molecule has 0 aromatic heterocycles. The first kappa shape index (κ1) is 16.0. The van der Waals surface area contributed by atoms with E-state index in [1.807, 2.05) is 0 Å². The molecule has 0 fully saturated rings. The third-order valence-corrected chi connectivity index (χ3v) is 1.90. The number of hydrogen-bond donors (Lipinski definition) is 0. The summed E-state index contributed by atoms with van der Waals surface area (Å²) in [4.78, 5) is 11.4. The lowest BCUT2D eigenvalue weighted by Crippen LogP contribution is -2.17. The van der Waals surface area contributed by atoms with Crippen LogP contribution in [0, 0.1) is 0 Å². The van der Waals surface area contributed by atoms with Crippen LogP contribution in [0.4, 0.5) is 22.0 Å². The summed E-state index contributed by atoms with van der Waals surface area (Å²) in [6.45, 7) is -1.87. The summed E-state index contributed by atoms with van der Waals surface area (Å²) in [5, 5.41) is 0. The molecule has 0 unspecified atom stereocenters. The van der Waals surface area contributed by atoms with Gasteiger partial charge in [-0.15, -0.1) is 13.2 Å². The van der Waals surface area contributed by atoms with E-state index in [1.165, 1.54) is 6.92 Å². The highest BCUT2D eigenvalue weighted by atomic mass is 19.4. The number of rotatable bonds is 5. The molecule has 0 bridgehead atoms. The lowest BCUT2D eigenvalue weighted by atomic mass is 10.2. The minimum absolute atomic E-state index is 0.0340. The van der Waals surface area contributed by atoms with Crippen LogP contribution in [-0.2, 0) is 4.74 Å². The summed E-state index contributed by atoms with van der Waals surface area (Å²) in [7, 11) is 0. The van der Waals surface area contributed by atoms with Crippen LogP contribution in [0.15, 0.2) is 18.2 Å². The van der Waals surface area contributed by atoms with E-state index in [2.05, 4.69) is 14.2 Å². The fourth-order valence-corrected chi connectivity index (χ4v) is 1.27. The molecular weight excluding hydrogens is 291 g/mol. The largest absolute Gasteiger partial charge is 0.573 e. The number of hydrogen-bond acceptors (Lipinski definition) is 4. The Morgan fingerprint density at radius 1 is 1.30 bits per heavy atom. The van der Waals surface area contributed by atoms with Gasteiger partial charge in [0.2, 0.25) is 0 Å². The second kappa shape index (κ2) is 6.40. The van der Waals surface area contributed by atoms with E-state index in [9.17, 15) is 26.7 Å². The molecule has 0 aliphatic carbocycles. The zero-order chi connectivity index (χ0) is 15.3. The minimum atomic E-state index is -4.99. The van der Waals surface area contributed by atoms with E-state index >= 15 is 0 Å². The lowest BCUT2D eigenvalue weighted by molar-refractivity contribution is -0.274. The number of benzene rings is 1. The predicted octanol–water partition coefficient (Wildman–Crippen LogP) is 3.36. The smallest absolute Gasteiger partial charge is 0.462 e. The van der Waals surface area contributed by atoms with Crippen molar-refractivity contribution in [3.05, 3.63) is 23.8 Å². The monoisotopic (exact) mass is 300 g/mol. The normalized spacial score (nSPS) is 11.3. The summed E-state index contributed by atoms with van der Waals surface area (Å²) < 4.78 is 72.5. The van der Waals surface area contributed by atoms with E-state index in [0.29, 0.717) is 6.07 Å². The number of ether oxygens (including phenoxy) is 3. The average molecular weight is 300 g/mol. The number of carbonyl (C=O) groups is 1. The number of halogens is 5. The summed E-state index contributed by atoms with van der Waals surface area (Å²) in [6, 6.07) is 2.17. The Morgan fingerprint density at radius 3 is 2.45 bits per heavy atom. The molecule has 0 amide bonds. The van der Waals surface area contributed by atoms with Crippen molar-refractivity contribution in [2.24, 2.45) is 0 Å². The molecule has 0 spiro atoms. The number of carbonyl (C=O) groups excluding carboxylic acids is 1. The molecule has 0 radical (unpaired) electrons. The first-order valence-corrected chi connectivity index (χ1v) is 5.24. The van der Waals surface area contributed by atoms with Gasteiger partial charge in [0, 0.05) is 6.07 Å². The van der Waals surface area contributed by atoms with Gasteiger partial charge in [0.05, 0.1) is 6.61 Å². The Hall–Kier alpha value is -2.06. The molecule has 20 heavy (non-hydrogen) atoms. The van der Waals surface area contributed by atoms with E-state index in [-0.39, 0.29) is 6.61 Å².